The number of fused-ring (bicyclic) bond motifs is 1. The number of nitrogens with one attached hydrogen (secondary N) is 2. The summed E-state index contributed by atoms with van der Waals surface area (Å²) in [7, 11) is 0. The summed E-state index contributed by atoms with van der Waals surface area (Å²) < 4.78 is 7.83. The highest BCUT2D eigenvalue weighted by molar-refractivity contribution is 5.90. The predicted octanol–water partition coefficient (Wildman–Crippen LogP) is 3.76. The van der Waals surface area contributed by atoms with Crippen molar-refractivity contribution in [2.75, 3.05) is 11.9 Å². The van der Waals surface area contributed by atoms with Crippen molar-refractivity contribution in [3.05, 3.63) is 41.9 Å². The van der Waals surface area contributed by atoms with Gasteiger partial charge < -0.3 is 9.30 Å². The van der Waals surface area contributed by atoms with Gasteiger partial charge in [0.2, 0.25) is 11.9 Å². The van der Waals surface area contributed by atoms with Gasteiger partial charge in [0.25, 0.3) is 0 Å². The zero-order valence-corrected chi connectivity index (χ0v) is 15.7. The van der Waals surface area contributed by atoms with Crippen LogP contribution in [0.5, 0.6) is 0 Å². The van der Waals surface area contributed by atoms with Crippen LogP contribution >= 0.6 is 0 Å². The minimum absolute atomic E-state index is 0.0367. The summed E-state index contributed by atoms with van der Waals surface area (Å²) in [6, 6.07) is 8.70. The van der Waals surface area contributed by atoms with Crippen molar-refractivity contribution in [1.29, 1.82) is 0 Å². The number of ether oxygens (including phenoxy) is 1. The number of rotatable bonds is 6. The zero-order valence-electron chi connectivity index (χ0n) is 15.7. The normalized spacial score (nSPS) is 17.1. The van der Waals surface area contributed by atoms with Crippen LogP contribution in [0.4, 0.5) is 5.95 Å². The van der Waals surface area contributed by atoms with Crippen LogP contribution in [0.25, 0.3) is 10.9 Å². The molecule has 27 heavy (non-hydrogen) atoms. The molecule has 1 atom stereocenters. The molecule has 1 aromatic carbocycles. The van der Waals surface area contributed by atoms with Gasteiger partial charge in [0, 0.05) is 36.2 Å². The molecule has 0 radical (unpaired) electrons. The lowest BCUT2D eigenvalue weighted by Crippen LogP contribution is -2.13. The first-order chi connectivity index (χ1) is 13.1. The number of amides is 1. The fourth-order valence-electron chi connectivity index (χ4n) is 3.61. The number of aryl methyl sites for hydroxylation is 1. The number of aromatic amines is 1. The summed E-state index contributed by atoms with van der Waals surface area (Å²) in [5.74, 6) is 0.909. The average molecular weight is 367 g/mol. The van der Waals surface area contributed by atoms with Gasteiger partial charge >= 0.3 is 0 Å². The molecule has 0 spiro atoms. The summed E-state index contributed by atoms with van der Waals surface area (Å²) >= 11 is 0. The average Bonchev–Trinajstić information content (AvgIpc) is 3.39. The van der Waals surface area contributed by atoms with Gasteiger partial charge in [-0.05, 0) is 44.7 Å². The number of carbonyl (C=O) groups is 1. The van der Waals surface area contributed by atoms with Crippen molar-refractivity contribution in [3.8, 4) is 0 Å². The van der Waals surface area contributed by atoms with Crippen molar-refractivity contribution in [2.45, 2.75) is 51.7 Å². The van der Waals surface area contributed by atoms with Gasteiger partial charge in [0.05, 0.1) is 0 Å². The second-order valence-corrected chi connectivity index (χ2v) is 7.27. The first-order valence-corrected chi connectivity index (χ1v) is 9.54. The number of hydrogen-bond acceptors (Lipinski definition) is 4. The Morgan fingerprint density at radius 3 is 3.04 bits per heavy atom. The Kier molecular flexibility index (Phi) is 4.94. The molecule has 0 aliphatic carbocycles. The van der Waals surface area contributed by atoms with E-state index in [0.29, 0.717) is 30.7 Å². The Morgan fingerprint density at radius 1 is 1.41 bits per heavy atom. The van der Waals surface area contributed by atoms with Crippen molar-refractivity contribution >= 4 is 22.8 Å². The molecular formula is C20H25N5O2. The van der Waals surface area contributed by atoms with E-state index in [1.54, 1.807) is 0 Å². The van der Waals surface area contributed by atoms with Crippen LogP contribution in [0.2, 0.25) is 0 Å². The van der Waals surface area contributed by atoms with E-state index in [0.717, 1.165) is 19.4 Å². The van der Waals surface area contributed by atoms with Crippen molar-refractivity contribution in [1.82, 2.24) is 19.7 Å². The lowest BCUT2D eigenvalue weighted by Gasteiger charge is -2.08. The number of hydrogen-bond donors (Lipinski definition) is 2. The van der Waals surface area contributed by atoms with Gasteiger partial charge in [-0.25, -0.2) is 0 Å². The number of nitrogens with zero attached hydrogens (tertiary/aromatic N) is 3. The molecule has 1 amide bonds. The molecule has 2 N–H and O–H groups in total. The van der Waals surface area contributed by atoms with Gasteiger partial charge in [-0.1, -0.05) is 18.2 Å². The maximum absolute atomic E-state index is 12.4. The molecule has 1 fully saturated rings. The number of para-hydroxylation sites is 1. The van der Waals surface area contributed by atoms with Crippen LogP contribution in [-0.2, 0) is 16.0 Å². The van der Waals surface area contributed by atoms with E-state index in [9.17, 15) is 4.79 Å². The molecule has 0 unspecified atom stereocenters. The van der Waals surface area contributed by atoms with E-state index < -0.39 is 0 Å². The van der Waals surface area contributed by atoms with Crippen LogP contribution < -0.4 is 5.32 Å². The van der Waals surface area contributed by atoms with Gasteiger partial charge in [-0.15, -0.1) is 5.10 Å². The largest absolute Gasteiger partial charge is 0.370 e. The fourth-order valence-corrected chi connectivity index (χ4v) is 3.61. The minimum atomic E-state index is -0.0886. The molecule has 7 heteroatoms. The second kappa shape index (κ2) is 7.52. The minimum Gasteiger partial charge on any atom is -0.370 e. The molecule has 4 rings (SSSR count). The summed E-state index contributed by atoms with van der Waals surface area (Å²) in [5.41, 5.74) is 2.39. The van der Waals surface area contributed by atoms with Gasteiger partial charge in [0.1, 0.15) is 6.10 Å². The summed E-state index contributed by atoms with van der Waals surface area (Å²) in [5, 5.41) is 10.9. The van der Waals surface area contributed by atoms with E-state index >= 15 is 0 Å². The number of aromatic nitrogens is 4. The number of H-pyrrole nitrogens is 1. The molecule has 1 aliphatic rings. The molecule has 2 aromatic heterocycles. The van der Waals surface area contributed by atoms with E-state index in [-0.39, 0.29) is 12.0 Å². The summed E-state index contributed by atoms with van der Waals surface area (Å²) in [4.78, 5) is 16.7. The first-order valence-electron chi connectivity index (χ1n) is 9.54. The van der Waals surface area contributed by atoms with Crippen LogP contribution in [0.15, 0.2) is 30.5 Å². The van der Waals surface area contributed by atoms with E-state index in [2.05, 4.69) is 57.2 Å². The lowest BCUT2D eigenvalue weighted by atomic mass is 10.1. The summed E-state index contributed by atoms with van der Waals surface area (Å²) in [6.07, 6.45) is 5.14. The highest BCUT2D eigenvalue weighted by atomic mass is 16.5. The third-order valence-corrected chi connectivity index (χ3v) is 4.99. The molecule has 1 saturated heterocycles. The standard InChI is InChI=1S/C20H25N5O2/c1-13(2)25-12-14(15-6-3-4-7-16(15)25)9-10-18(26)21-20-22-19(23-24-20)17-8-5-11-27-17/h3-4,6-7,12-13,17H,5,8-11H2,1-2H3,(H2,21,22,23,24,26)/t17-/m0/s1. The molecule has 142 valence electrons. The molecule has 1 aliphatic heterocycles. The topological polar surface area (TPSA) is 84.8 Å². The maximum atomic E-state index is 12.4. The SMILES string of the molecule is CC(C)n1cc(CCC(=O)Nc2n[nH]c([C@@H]3CCCO3)n2)c2ccccc21. The van der Waals surface area contributed by atoms with Crippen LogP contribution in [0, 0.1) is 0 Å². The third kappa shape index (κ3) is 3.73. The summed E-state index contributed by atoms with van der Waals surface area (Å²) in [6.45, 7) is 5.08. The molecule has 3 aromatic rings. The zero-order chi connectivity index (χ0) is 18.8. The third-order valence-electron chi connectivity index (χ3n) is 4.99. The van der Waals surface area contributed by atoms with Crippen LogP contribution in [-0.4, -0.2) is 32.3 Å². The van der Waals surface area contributed by atoms with E-state index in [1.165, 1.54) is 16.5 Å². The molecular weight excluding hydrogens is 342 g/mol. The predicted molar refractivity (Wildman–Crippen MR) is 104 cm³/mol. The Morgan fingerprint density at radius 2 is 2.26 bits per heavy atom. The Bertz CT molecular complexity index is 937. The Labute approximate surface area is 158 Å². The fraction of sp³-hybridized carbons (Fsp3) is 0.450. The Hall–Kier alpha value is -2.67. The maximum Gasteiger partial charge on any atom is 0.248 e. The molecule has 0 saturated carbocycles. The van der Waals surface area contributed by atoms with Crippen LogP contribution in [0.1, 0.15) is 56.6 Å². The smallest absolute Gasteiger partial charge is 0.248 e. The van der Waals surface area contributed by atoms with E-state index in [1.807, 2.05) is 12.1 Å². The quantitative estimate of drug-likeness (QED) is 0.695. The highest BCUT2D eigenvalue weighted by Crippen LogP contribution is 2.27. The molecule has 3 heterocycles. The van der Waals surface area contributed by atoms with Crippen LogP contribution in [0.3, 0.4) is 0 Å². The van der Waals surface area contributed by atoms with Crippen molar-refractivity contribution in [2.24, 2.45) is 0 Å². The number of carbonyl (C=O) groups excluding carboxylic acids is 1. The number of anilines is 1. The number of benzene rings is 1. The second-order valence-electron chi connectivity index (χ2n) is 7.27. The van der Waals surface area contributed by atoms with Crippen molar-refractivity contribution in [3.63, 3.8) is 0 Å². The highest BCUT2D eigenvalue weighted by Gasteiger charge is 2.21. The van der Waals surface area contributed by atoms with Gasteiger partial charge in [-0.3, -0.25) is 15.2 Å². The molecule has 0 bridgehead atoms. The van der Waals surface area contributed by atoms with Crippen molar-refractivity contribution < 1.29 is 9.53 Å². The lowest BCUT2D eigenvalue weighted by molar-refractivity contribution is -0.116. The van der Waals surface area contributed by atoms with Gasteiger partial charge in [0.15, 0.2) is 5.82 Å². The monoisotopic (exact) mass is 367 g/mol. The Balaban J connectivity index is 1.40. The van der Waals surface area contributed by atoms with E-state index in [4.69, 9.17) is 4.74 Å². The first kappa shape index (κ1) is 17.7. The van der Waals surface area contributed by atoms with Gasteiger partial charge in [-0.2, -0.15) is 4.98 Å². The molecule has 7 nitrogen and oxygen atoms in total.